The molecule has 2 atom stereocenters. The number of carbonyl (C=O) groups excluding carboxylic acids is 1. The van der Waals surface area contributed by atoms with E-state index in [1.54, 1.807) is 0 Å². The molecule has 2 nitrogen and oxygen atoms in total. The molecule has 0 aromatic carbocycles. The first kappa shape index (κ1) is 19.6. The van der Waals surface area contributed by atoms with Gasteiger partial charge in [-0.15, -0.1) is 0 Å². The number of rotatable bonds is 15. The summed E-state index contributed by atoms with van der Waals surface area (Å²) in [7, 11) is 0. The highest BCUT2D eigenvalue weighted by Crippen LogP contribution is 2.18. The molecular formula is C18H36O2. The average Bonchev–Trinajstić information content (AvgIpc) is 2.46. The zero-order chi connectivity index (χ0) is 15.1. The summed E-state index contributed by atoms with van der Waals surface area (Å²) >= 11 is 0. The number of hydrogen-bond donors (Lipinski definition) is 1. The van der Waals surface area contributed by atoms with E-state index in [1.165, 1.54) is 57.8 Å². The third-order valence-corrected chi connectivity index (χ3v) is 4.16. The SMILES string of the molecule is CCCCCCCCC(O)C(C=O)CCCCCCC. The van der Waals surface area contributed by atoms with Gasteiger partial charge in [-0.3, -0.25) is 0 Å². The van der Waals surface area contributed by atoms with Gasteiger partial charge in [-0.1, -0.05) is 84.5 Å². The molecule has 0 fully saturated rings. The van der Waals surface area contributed by atoms with E-state index in [0.29, 0.717) is 0 Å². The molecule has 0 aliphatic rings. The van der Waals surface area contributed by atoms with Crippen molar-refractivity contribution in [3.63, 3.8) is 0 Å². The average molecular weight is 284 g/mol. The number of aliphatic hydroxyl groups is 1. The molecule has 20 heavy (non-hydrogen) atoms. The molecule has 0 bridgehead atoms. The van der Waals surface area contributed by atoms with Crippen LogP contribution in [0.4, 0.5) is 0 Å². The second-order valence-corrected chi connectivity index (χ2v) is 6.13. The molecule has 0 aliphatic carbocycles. The monoisotopic (exact) mass is 284 g/mol. The maximum Gasteiger partial charge on any atom is 0.125 e. The lowest BCUT2D eigenvalue weighted by molar-refractivity contribution is -0.114. The van der Waals surface area contributed by atoms with Crippen molar-refractivity contribution in [2.75, 3.05) is 0 Å². The van der Waals surface area contributed by atoms with Crippen molar-refractivity contribution in [1.29, 1.82) is 0 Å². The third-order valence-electron chi connectivity index (χ3n) is 4.16. The normalized spacial score (nSPS) is 14.2. The number of carbonyl (C=O) groups is 1. The van der Waals surface area contributed by atoms with E-state index < -0.39 is 6.10 Å². The fraction of sp³-hybridized carbons (Fsp3) is 0.944. The Morgan fingerprint density at radius 3 is 1.70 bits per heavy atom. The van der Waals surface area contributed by atoms with E-state index in [2.05, 4.69) is 13.8 Å². The fourth-order valence-electron chi connectivity index (χ4n) is 2.68. The fourth-order valence-corrected chi connectivity index (χ4v) is 2.68. The molecule has 0 spiro atoms. The van der Waals surface area contributed by atoms with Crippen LogP contribution in [0.25, 0.3) is 0 Å². The Kier molecular flexibility index (Phi) is 14.7. The number of unbranched alkanes of at least 4 members (excludes halogenated alkanes) is 9. The van der Waals surface area contributed by atoms with E-state index in [-0.39, 0.29) is 5.92 Å². The number of aldehydes is 1. The van der Waals surface area contributed by atoms with Gasteiger partial charge in [0.05, 0.1) is 6.10 Å². The van der Waals surface area contributed by atoms with Crippen LogP contribution < -0.4 is 0 Å². The first-order valence-electron chi connectivity index (χ1n) is 8.89. The Labute approximate surface area is 126 Å². The first-order valence-corrected chi connectivity index (χ1v) is 8.89. The van der Waals surface area contributed by atoms with Crippen LogP contribution in [0.15, 0.2) is 0 Å². The highest BCUT2D eigenvalue weighted by Gasteiger charge is 2.17. The smallest absolute Gasteiger partial charge is 0.125 e. The van der Waals surface area contributed by atoms with Crippen LogP contribution in [-0.4, -0.2) is 17.5 Å². The Morgan fingerprint density at radius 1 is 0.750 bits per heavy atom. The van der Waals surface area contributed by atoms with Crippen molar-refractivity contribution >= 4 is 6.29 Å². The van der Waals surface area contributed by atoms with Gasteiger partial charge in [-0.2, -0.15) is 0 Å². The van der Waals surface area contributed by atoms with Crippen LogP contribution in [0.5, 0.6) is 0 Å². The van der Waals surface area contributed by atoms with E-state index in [0.717, 1.165) is 32.0 Å². The van der Waals surface area contributed by atoms with Gasteiger partial charge < -0.3 is 9.90 Å². The molecular weight excluding hydrogens is 248 g/mol. The molecule has 0 aromatic heterocycles. The predicted molar refractivity (Wildman–Crippen MR) is 86.9 cm³/mol. The standard InChI is InChI=1S/C18H36O2/c1-3-5-7-9-11-13-15-18(20)17(16-19)14-12-10-8-6-4-2/h16-18,20H,3-15H2,1-2H3. The summed E-state index contributed by atoms with van der Waals surface area (Å²) in [6.07, 6.45) is 15.7. The minimum Gasteiger partial charge on any atom is -0.392 e. The molecule has 2 unspecified atom stereocenters. The minimum atomic E-state index is -0.412. The Balaban J connectivity index is 3.58. The molecule has 0 aliphatic heterocycles. The van der Waals surface area contributed by atoms with Crippen molar-refractivity contribution in [2.45, 2.75) is 103 Å². The third kappa shape index (κ3) is 11.5. The van der Waals surface area contributed by atoms with Crippen molar-refractivity contribution in [1.82, 2.24) is 0 Å². The summed E-state index contributed by atoms with van der Waals surface area (Å²) in [6.45, 7) is 4.43. The van der Waals surface area contributed by atoms with Crippen molar-refractivity contribution < 1.29 is 9.90 Å². The van der Waals surface area contributed by atoms with Crippen LogP contribution in [0.2, 0.25) is 0 Å². The number of aliphatic hydroxyl groups excluding tert-OH is 1. The lowest BCUT2D eigenvalue weighted by Gasteiger charge is -2.17. The van der Waals surface area contributed by atoms with Gasteiger partial charge in [-0.05, 0) is 12.8 Å². The molecule has 0 saturated heterocycles. The Bertz CT molecular complexity index is 204. The van der Waals surface area contributed by atoms with E-state index in [9.17, 15) is 9.90 Å². The van der Waals surface area contributed by atoms with Crippen LogP contribution in [-0.2, 0) is 4.79 Å². The molecule has 0 rings (SSSR count). The molecule has 2 heteroatoms. The van der Waals surface area contributed by atoms with E-state index in [1.807, 2.05) is 0 Å². The largest absolute Gasteiger partial charge is 0.392 e. The van der Waals surface area contributed by atoms with Gasteiger partial charge in [0, 0.05) is 5.92 Å². The van der Waals surface area contributed by atoms with Gasteiger partial charge in [-0.25, -0.2) is 0 Å². The van der Waals surface area contributed by atoms with Gasteiger partial charge in [0.1, 0.15) is 6.29 Å². The maximum atomic E-state index is 11.1. The van der Waals surface area contributed by atoms with Crippen LogP contribution in [0, 0.1) is 5.92 Å². The molecule has 120 valence electrons. The summed E-state index contributed by atoms with van der Waals surface area (Å²) in [6, 6.07) is 0. The van der Waals surface area contributed by atoms with Crippen LogP contribution in [0.3, 0.4) is 0 Å². The van der Waals surface area contributed by atoms with E-state index in [4.69, 9.17) is 0 Å². The molecule has 0 aromatic rings. The second-order valence-electron chi connectivity index (χ2n) is 6.13. The van der Waals surface area contributed by atoms with Gasteiger partial charge in [0.25, 0.3) is 0 Å². The van der Waals surface area contributed by atoms with Gasteiger partial charge in [0.2, 0.25) is 0 Å². The molecule has 0 heterocycles. The summed E-state index contributed by atoms with van der Waals surface area (Å²) in [5.74, 6) is -0.132. The van der Waals surface area contributed by atoms with Crippen molar-refractivity contribution in [2.24, 2.45) is 5.92 Å². The summed E-state index contributed by atoms with van der Waals surface area (Å²) in [5, 5.41) is 10.1. The van der Waals surface area contributed by atoms with E-state index >= 15 is 0 Å². The minimum absolute atomic E-state index is 0.132. The zero-order valence-electron chi connectivity index (χ0n) is 13.8. The maximum absolute atomic E-state index is 11.1. The Morgan fingerprint density at radius 2 is 1.20 bits per heavy atom. The quantitative estimate of drug-likeness (QED) is 0.328. The highest BCUT2D eigenvalue weighted by molar-refractivity contribution is 5.54. The summed E-state index contributed by atoms with van der Waals surface area (Å²) in [4.78, 5) is 11.1. The molecule has 0 radical (unpaired) electrons. The molecule has 0 amide bonds. The highest BCUT2D eigenvalue weighted by atomic mass is 16.3. The zero-order valence-corrected chi connectivity index (χ0v) is 13.8. The van der Waals surface area contributed by atoms with Gasteiger partial charge in [0.15, 0.2) is 0 Å². The number of hydrogen-bond acceptors (Lipinski definition) is 2. The lowest BCUT2D eigenvalue weighted by Crippen LogP contribution is -2.21. The second kappa shape index (κ2) is 15.0. The van der Waals surface area contributed by atoms with Crippen molar-refractivity contribution in [3.05, 3.63) is 0 Å². The van der Waals surface area contributed by atoms with Crippen molar-refractivity contribution in [3.8, 4) is 0 Å². The van der Waals surface area contributed by atoms with Crippen LogP contribution >= 0.6 is 0 Å². The molecule has 1 N–H and O–H groups in total. The molecule has 0 saturated carbocycles. The van der Waals surface area contributed by atoms with Crippen LogP contribution in [0.1, 0.15) is 97.3 Å². The predicted octanol–water partition coefficient (Wildman–Crippen LogP) is 5.27. The first-order chi connectivity index (χ1) is 9.76. The topological polar surface area (TPSA) is 37.3 Å². The van der Waals surface area contributed by atoms with Gasteiger partial charge >= 0.3 is 0 Å². The lowest BCUT2D eigenvalue weighted by atomic mass is 9.93. The Hall–Kier alpha value is -0.370. The summed E-state index contributed by atoms with van der Waals surface area (Å²) < 4.78 is 0. The summed E-state index contributed by atoms with van der Waals surface area (Å²) in [5.41, 5.74) is 0.